The summed E-state index contributed by atoms with van der Waals surface area (Å²) in [5.41, 5.74) is 0.162. The Morgan fingerprint density at radius 2 is 2.12 bits per heavy atom. The number of esters is 1. The van der Waals surface area contributed by atoms with E-state index >= 15 is 0 Å². The van der Waals surface area contributed by atoms with Gasteiger partial charge in [-0.05, 0) is 17.5 Å². The van der Waals surface area contributed by atoms with Crippen LogP contribution in [0.1, 0.15) is 37.3 Å². The Bertz CT molecular complexity index is 387. The standard InChI is InChI=1S/C12H17NO3/c1-12(2,3)10(11(15)16-4)13-7-5-6-9(13)8-14/h5-8,10H,1-4H3. The van der Waals surface area contributed by atoms with Crippen LogP contribution in [0.2, 0.25) is 0 Å². The smallest absolute Gasteiger partial charge is 0.329 e. The normalized spacial score (nSPS) is 13.2. The third-order valence-corrected chi connectivity index (χ3v) is 2.46. The van der Waals surface area contributed by atoms with Crippen molar-refractivity contribution in [1.29, 1.82) is 0 Å². The van der Waals surface area contributed by atoms with Crippen LogP contribution in [-0.2, 0) is 9.53 Å². The first-order chi connectivity index (χ1) is 7.41. The van der Waals surface area contributed by atoms with Gasteiger partial charge in [0.05, 0.1) is 12.8 Å². The maximum Gasteiger partial charge on any atom is 0.329 e. The molecule has 1 aromatic heterocycles. The van der Waals surface area contributed by atoms with Gasteiger partial charge in [0.25, 0.3) is 0 Å². The zero-order valence-corrected chi connectivity index (χ0v) is 10.1. The summed E-state index contributed by atoms with van der Waals surface area (Å²) in [6.07, 6.45) is 2.46. The minimum atomic E-state index is -0.493. The lowest BCUT2D eigenvalue weighted by atomic mass is 9.86. The summed E-state index contributed by atoms with van der Waals surface area (Å²) in [5.74, 6) is -0.341. The van der Waals surface area contributed by atoms with Crippen molar-refractivity contribution in [3.8, 4) is 0 Å². The van der Waals surface area contributed by atoms with E-state index < -0.39 is 6.04 Å². The van der Waals surface area contributed by atoms with E-state index in [0.29, 0.717) is 5.69 Å². The fraction of sp³-hybridized carbons (Fsp3) is 0.500. The molecule has 0 amide bonds. The van der Waals surface area contributed by atoms with Gasteiger partial charge in [0.15, 0.2) is 6.29 Å². The zero-order chi connectivity index (χ0) is 12.3. The molecule has 1 heterocycles. The lowest BCUT2D eigenvalue weighted by Gasteiger charge is -2.30. The van der Waals surface area contributed by atoms with Gasteiger partial charge in [0.1, 0.15) is 6.04 Å². The van der Waals surface area contributed by atoms with Gasteiger partial charge in [0, 0.05) is 6.20 Å². The summed E-state index contributed by atoms with van der Waals surface area (Å²) in [4.78, 5) is 22.6. The molecule has 0 aliphatic heterocycles. The Kier molecular flexibility index (Phi) is 3.52. The van der Waals surface area contributed by atoms with Crippen molar-refractivity contribution in [2.45, 2.75) is 26.8 Å². The number of carbonyl (C=O) groups excluding carboxylic acids is 2. The Hall–Kier alpha value is -1.58. The number of methoxy groups -OCH3 is 1. The third kappa shape index (κ3) is 2.32. The molecule has 0 saturated heterocycles. The van der Waals surface area contributed by atoms with Crippen LogP contribution >= 0.6 is 0 Å². The summed E-state index contributed by atoms with van der Waals surface area (Å²) in [5, 5.41) is 0. The number of hydrogen-bond acceptors (Lipinski definition) is 3. The van der Waals surface area contributed by atoms with E-state index in [0.717, 1.165) is 6.29 Å². The first-order valence-corrected chi connectivity index (χ1v) is 5.11. The SMILES string of the molecule is COC(=O)C(n1cccc1C=O)C(C)(C)C. The number of rotatable bonds is 3. The highest BCUT2D eigenvalue weighted by molar-refractivity contribution is 5.78. The summed E-state index contributed by atoms with van der Waals surface area (Å²) in [7, 11) is 1.35. The second-order valence-electron chi connectivity index (χ2n) is 4.75. The number of ether oxygens (including phenoxy) is 1. The number of carbonyl (C=O) groups is 2. The molecule has 0 saturated carbocycles. The van der Waals surface area contributed by atoms with Crippen LogP contribution in [0, 0.1) is 5.41 Å². The molecule has 4 nitrogen and oxygen atoms in total. The van der Waals surface area contributed by atoms with Crippen molar-refractivity contribution >= 4 is 12.3 Å². The molecule has 0 bridgehead atoms. The van der Waals surface area contributed by atoms with Gasteiger partial charge < -0.3 is 9.30 Å². The second kappa shape index (κ2) is 4.51. The molecular formula is C12H17NO3. The molecule has 1 atom stereocenters. The molecule has 0 aliphatic carbocycles. The first kappa shape index (κ1) is 12.5. The van der Waals surface area contributed by atoms with Crippen LogP contribution in [0.4, 0.5) is 0 Å². The lowest BCUT2D eigenvalue weighted by molar-refractivity contribution is -0.148. The summed E-state index contributed by atoms with van der Waals surface area (Å²) in [6, 6.07) is 2.92. The largest absolute Gasteiger partial charge is 0.467 e. The number of nitrogens with zero attached hydrogens (tertiary/aromatic N) is 1. The monoisotopic (exact) mass is 223 g/mol. The molecule has 4 heteroatoms. The van der Waals surface area contributed by atoms with Gasteiger partial charge >= 0.3 is 5.97 Å². The van der Waals surface area contributed by atoms with E-state index in [1.807, 2.05) is 20.8 Å². The van der Waals surface area contributed by atoms with Crippen molar-refractivity contribution in [2.75, 3.05) is 7.11 Å². The molecule has 1 unspecified atom stereocenters. The van der Waals surface area contributed by atoms with Gasteiger partial charge in [0.2, 0.25) is 0 Å². The molecular weight excluding hydrogens is 206 g/mol. The fourth-order valence-electron chi connectivity index (χ4n) is 1.74. The van der Waals surface area contributed by atoms with Crippen LogP contribution in [0.5, 0.6) is 0 Å². The van der Waals surface area contributed by atoms with E-state index in [4.69, 9.17) is 4.74 Å². The molecule has 16 heavy (non-hydrogen) atoms. The minimum absolute atomic E-state index is 0.316. The van der Waals surface area contributed by atoms with E-state index in [1.54, 1.807) is 22.9 Å². The van der Waals surface area contributed by atoms with E-state index in [2.05, 4.69) is 0 Å². The highest BCUT2D eigenvalue weighted by Gasteiger charge is 2.34. The Morgan fingerprint density at radius 1 is 1.50 bits per heavy atom. The van der Waals surface area contributed by atoms with Crippen LogP contribution in [0.15, 0.2) is 18.3 Å². The molecule has 1 aromatic rings. The highest BCUT2D eigenvalue weighted by Crippen LogP contribution is 2.32. The zero-order valence-electron chi connectivity index (χ0n) is 10.1. The quantitative estimate of drug-likeness (QED) is 0.582. The first-order valence-electron chi connectivity index (χ1n) is 5.11. The molecule has 0 fully saturated rings. The Labute approximate surface area is 95.2 Å². The van der Waals surface area contributed by atoms with Crippen molar-refractivity contribution in [2.24, 2.45) is 5.41 Å². The van der Waals surface area contributed by atoms with Gasteiger partial charge in [-0.1, -0.05) is 20.8 Å². The molecule has 0 aromatic carbocycles. The maximum absolute atomic E-state index is 11.8. The van der Waals surface area contributed by atoms with Crippen LogP contribution in [-0.4, -0.2) is 23.9 Å². The predicted octanol–water partition coefficient (Wildman–Crippen LogP) is 2.06. The summed E-state index contributed by atoms with van der Waals surface area (Å²) < 4.78 is 6.44. The highest BCUT2D eigenvalue weighted by atomic mass is 16.5. The van der Waals surface area contributed by atoms with E-state index in [9.17, 15) is 9.59 Å². The topological polar surface area (TPSA) is 48.3 Å². The second-order valence-corrected chi connectivity index (χ2v) is 4.75. The fourth-order valence-corrected chi connectivity index (χ4v) is 1.74. The molecule has 0 N–H and O–H groups in total. The van der Waals surface area contributed by atoms with E-state index in [-0.39, 0.29) is 11.4 Å². The van der Waals surface area contributed by atoms with Gasteiger partial charge in [-0.3, -0.25) is 4.79 Å². The average Bonchev–Trinajstić information content (AvgIpc) is 2.63. The minimum Gasteiger partial charge on any atom is -0.467 e. The summed E-state index contributed by atoms with van der Waals surface area (Å²) >= 11 is 0. The van der Waals surface area contributed by atoms with Crippen molar-refractivity contribution in [1.82, 2.24) is 4.57 Å². The van der Waals surface area contributed by atoms with Crippen LogP contribution < -0.4 is 0 Å². The predicted molar refractivity (Wildman–Crippen MR) is 60.3 cm³/mol. The molecule has 0 radical (unpaired) electrons. The Morgan fingerprint density at radius 3 is 2.56 bits per heavy atom. The van der Waals surface area contributed by atoms with Crippen LogP contribution in [0.25, 0.3) is 0 Å². The maximum atomic E-state index is 11.8. The number of aldehydes is 1. The van der Waals surface area contributed by atoms with Crippen molar-refractivity contribution in [3.05, 3.63) is 24.0 Å². The van der Waals surface area contributed by atoms with Gasteiger partial charge in [-0.25, -0.2) is 4.79 Å². The van der Waals surface area contributed by atoms with Crippen molar-refractivity contribution in [3.63, 3.8) is 0 Å². The van der Waals surface area contributed by atoms with Crippen molar-refractivity contribution < 1.29 is 14.3 Å². The van der Waals surface area contributed by atoms with Gasteiger partial charge in [-0.15, -0.1) is 0 Å². The lowest BCUT2D eigenvalue weighted by Crippen LogP contribution is -2.33. The summed E-state index contributed by atoms with van der Waals surface area (Å²) in [6.45, 7) is 5.80. The van der Waals surface area contributed by atoms with Gasteiger partial charge in [-0.2, -0.15) is 0 Å². The number of hydrogen-bond donors (Lipinski definition) is 0. The third-order valence-electron chi connectivity index (χ3n) is 2.46. The molecule has 88 valence electrons. The number of aromatic nitrogens is 1. The average molecular weight is 223 g/mol. The molecule has 0 aliphatic rings. The van der Waals surface area contributed by atoms with Crippen LogP contribution in [0.3, 0.4) is 0 Å². The Balaban J connectivity index is 3.21. The molecule has 1 rings (SSSR count). The van der Waals surface area contributed by atoms with E-state index in [1.165, 1.54) is 7.11 Å². The molecule has 0 spiro atoms.